The van der Waals surface area contributed by atoms with Gasteiger partial charge in [0.15, 0.2) is 16.9 Å². The Morgan fingerprint density at radius 2 is 1.80 bits per heavy atom. The third-order valence-electron chi connectivity index (χ3n) is 2.17. The minimum atomic E-state index is -0.0998. The van der Waals surface area contributed by atoms with Crippen molar-refractivity contribution in [2.75, 3.05) is 14.2 Å². The van der Waals surface area contributed by atoms with Gasteiger partial charge in [0.25, 0.3) is 0 Å². The van der Waals surface area contributed by atoms with Crippen LogP contribution in [0.1, 0.15) is 0 Å². The second kappa shape index (κ2) is 3.65. The number of fused-ring (bicyclic) bond motifs is 1. The molecule has 0 fully saturated rings. The monoisotopic (exact) mass is 206 g/mol. The summed E-state index contributed by atoms with van der Waals surface area (Å²) in [6.07, 6.45) is 1.36. The maximum atomic E-state index is 11.5. The molecule has 0 atom stereocenters. The SMILES string of the molecule is COc1cc2occc(=O)c2cc1OC. The number of ether oxygens (including phenoxy) is 2. The summed E-state index contributed by atoms with van der Waals surface area (Å²) in [5.41, 5.74) is 0.386. The van der Waals surface area contributed by atoms with E-state index < -0.39 is 0 Å². The molecule has 2 aromatic rings. The molecule has 0 radical (unpaired) electrons. The smallest absolute Gasteiger partial charge is 0.192 e. The van der Waals surface area contributed by atoms with Crippen molar-refractivity contribution in [1.29, 1.82) is 0 Å². The van der Waals surface area contributed by atoms with Crippen LogP contribution in [0.4, 0.5) is 0 Å². The van der Waals surface area contributed by atoms with Crippen molar-refractivity contribution in [3.8, 4) is 11.5 Å². The third kappa shape index (κ3) is 1.54. The van der Waals surface area contributed by atoms with Gasteiger partial charge in [0.05, 0.1) is 25.9 Å². The lowest BCUT2D eigenvalue weighted by Gasteiger charge is -2.07. The molecule has 78 valence electrons. The summed E-state index contributed by atoms with van der Waals surface area (Å²) >= 11 is 0. The van der Waals surface area contributed by atoms with Crippen molar-refractivity contribution >= 4 is 11.0 Å². The largest absolute Gasteiger partial charge is 0.493 e. The molecule has 0 saturated carbocycles. The molecule has 0 bridgehead atoms. The molecule has 4 heteroatoms. The zero-order valence-electron chi connectivity index (χ0n) is 8.44. The highest BCUT2D eigenvalue weighted by molar-refractivity contribution is 5.80. The zero-order chi connectivity index (χ0) is 10.8. The summed E-state index contributed by atoms with van der Waals surface area (Å²) in [7, 11) is 3.05. The topological polar surface area (TPSA) is 48.7 Å². The second-order valence-electron chi connectivity index (χ2n) is 2.99. The molecule has 2 rings (SSSR count). The van der Waals surface area contributed by atoms with Crippen LogP contribution in [0.5, 0.6) is 11.5 Å². The maximum absolute atomic E-state index is 11.5. The third-order valence-corrected chi connectivity index (χ3v) is 2.17. The molecule has 1 heterocycles. The highest BCUT2D eigenvalue weighted by atomic mass is 16.5. The molecule has 4 nitrogen and oxygen atoms in total. The molecule has 0 unspecified atom stereocenters. The van der Waals surface area contributed by atoms with Crippen LogP contribution < -0.4 is 14.9 Å². The van der Waals surface area contributed by atoms with Crippen LogP contribution in [-0.2, 0) is 0 Å². The van der Waals surface area contributed by atoms with Gasteiger partial charge in [-0.3, -0.25) is 4.79 Å². The lowest BCUT2D eigenvalue weighted by molar-refractivity contribution is 0.355. The van der Waals surface area contributed by atoms with Crippen LogP contribution in [0.3, 0.4) is 0 Å². The van der Waals surface area contributed by atoms with Crippen molar-refractivity contribution in [3.63, 3.8) is 0 Å². The first-order chi connectivity index (χ1) is 7.26. The van der Waals surface area contributed by atoms with Gasteiger partial charge in [0, 0.05) is 12.1 Å². The van der Waals surface area contributed by atoms with E-state index in [9.17, 15) is 4.79 Å². The highest BCUT2D eigenvalue weighted by Crippen LogP contribution is 2.30. The van der Waals surface area contributed by atoms with Crippen LogP contribution >= 0.6 is 0 Å². The minimum Gasteiger partial charge on any atom is -0.493 e. The summed E-state index contributed by atoms with van der Waals surface area (Å²) < 4.78 is 15.4. The average molecular weight is 206 g/mol. The Labute approximate surface area is 86.0 Å². The first-order valence-corrected chi connectivity index (χ1v) is 4.40. The van der Waals surface area contributed by atoms with Gasteiger partial charge in [-0.25, -0.2) is 0 Å². The van der Waals surface area contributed by atoms with Gasteiger partial charge in [-0.15, -0.1) is 0 Å². The van der Waals surface area contributed by atoms with Crippen LogP contribution in [0.2, 0.25) is 0 Å². The van der Waals surface area contributed by atoms with Crippen molar-refractivity contribution in [1.82, 2.24) is 0 Å². The van der Waals surface area contributed by atoms with Gasteiger partial charge in [0.2, 0.25) is 0 Å². The standard InChI is InChI=1S/C11H10O4/c1-13-10-5-7-8(12)3-4-15-9(7)6-11(10)14-2/h3-6H,1-2H3. The van der Waals surface area contributed by atoms with Crippen LogP contribution in [0, 0.1) is 0 Å². The lowest BCUT2D eigenvalue weighted by Crippen LogP contribution is -1.99. The number of rotatable bonds is 2. The van der Waals surface area contributed by atoms with Crippen molar-refractivity contribution < 1.29 is 13.9 Å². The van der Waals surface area contributed by atoms with E-state index in [1.165, 1.54) is 26.5 Å². The van der Waals surface area contributed by atoms with E-state index in [2.05, 4.69) is 0 Å². The van der Waals surface area contributed by atoms with Gasteiger partial charge in [-0.1, -0.05) is 0 Å². The fourth-order valence-corrected chi connectivity index (χ4v) is 1.41. The van der Waals surface area contributed by atoms with Gasteiger partial charge in [-0.2, -0.15) is 0 Å². The van der Waals surface area contributed by atoms with Crippen molar-refractivity contribution in [2.45, 2.75) is 0 Å². The number of benzene rings is 1. The predicted molar refractivity (Wildman–Crippen MR) is 55.6 cm³/mol. The fourth-order valence-electron chi connectivity index (χ4n) is 1.41. The van der Waals surface area contributed by atoms with Gasteiger partial charge in [0.1, 0.15) is 5.58 Å². The zero-order valence-corrected chi connectivity index (χ0v) is 8.44. The number of hydrogen-bond acceptors (Lipinski definition) is 4. The van der Waals surface area contributed by atoms with Crippen LogP contribution in [-0.4, -0.2) is 14.2 Å². The molecular formula is C11H10O4. The molecule has 0 aliphatic heterocycles. The maximum Gasteiger partial charge on any atom is 0.192 e. The molecular weight excluding hydrogens is 196 g/mol. The number of hydrogen-bond donors (Lipinski definition) is 0. The Morgan fingerprint density at radius 3 is 2.47 bits per heavy atom. The summed E-state index contributed by atoms with van der Waals surface area (Å²) in [5, 5.41) is 0.482. The van der Waals surface area contributed by atoms with Gasteiger partial charge in [-0.05, 0) is 6.07 Å². The Balaban J connectivity index is 2.81. The molecule has 0 N–H and O–H groups in total. The summed E-state index contributed by atoms with van der Waals surface area (Å²) in [5.74, 6) is 1.06. The van der Waals surface area contributed by atoms with Crippen LogP contribution in [0.25, 0.3) is 11.0 Å². The molecule has 0 aliphatic carbocycles. The van der Waals surface area contributed by atoms with E-state index in [1.54, 1.807) is 12.1 Å². The minimum absolute atomic E-state index is 0.0998. The predicted octanol–water partition coefficient (Wildman–Crippen LogP) is 1.81. The van der Waals surface area contributed by atoms with E-state index >= 15 is 0 Å². The summed E-state index contributed by atoms with van der Waals surface area (Å²) in [4.78, 5) is 11.5. The Kier molecular flexibility index (Phi) is 2.33. The van der Waals surface area contributed by atoms with E-state index in [0.29, 0.717) is 22.5 Å². The summed E-state index contributed by atoms with van der Waals surface area (Å²) in [6, 6.07) is 4.61. The quantitative estimate of drug-likeness (QED) is 0.751. The first kappa shape index (κ1) is 9.58. The average Bonchev–Trinajstić information content (AvgIpc) is 2.28. The normalized spacial score (nSPS) is 10.3. The van der Waals surface area contributed by atoms with E-state index in [1.807, 2.05) is 0 Å². The van der Waals surface area contributed by atoms with Crippen molar-refractivity contribution in [2.24, 2.45) is 0 Å². The lowest BCUT2D eigenvalue weighted by atomic mass is 10.2. The van der Waals surface area contributed by atoms with E-state index in [4.69, 9.17) is 13.9 Å². The Hall–Kier alpha value is -1.97. The second-order valence-corrected chi connectivity index (χ2v) is 2.99. The summed E-state index contributed by atoms with van der Waals surface area (Å²) in [6.45, 7) is 0. The van der Waals surface area contributed by atoms with Crippen molar-refractivity contribution in [3.05, 3.63) is 34.7 Å². The molecule has 0 spiro atoms. The molecule has 1 aromatic carbocycles. The Morgan fingerprint density at radius 1 is 1.13 bits per heavy atom. The highest BCUT2D eigenvalue weighted by Gasteiger charge is 2.08. The molecule has 1 aromatic heterocycles. The molecule has 15 heavy (non-hydrogen) atoms. The molecule has 0 aliphatic rings. The fraction of sp³-hybridized carbons (Fsp3) is 0.182. The molecule has 0 saturated heterocycles. The van der Waals surface area contributed by atoms with Crippen LogP contribution in [0.15, 0.2) is 33.7 Å². The number of methoxy groups -OCH3 is 2. The first-order valence-electron chi connectivity index (χ1n) is 4.40. The van der Waals surface area contributed by atoms with Gasteiger partial charge >= 0.3 is 0 Å². The molecule has 0 amide bonds. The van der Waals surface area contributed by atoms with E-state index in [0.717, 1.165) is 0 Å². The van der Waals surface area contributed by atoms with Gasteiger partial charge < -0.3 is 13.9 Å². The Bertz CT molecular complexity index is 542. The van der Waals surface area contributed by atoms with E-state index in [-0.39, 0.29) is 5.43 Å².